The van der Waals surface area contributed by atoms with Crippen LogP contribution in [0.4, 0.5) is 0 Å². The number of hydrogen-bond donors (Lipinski definition) is 1. The van der Waals surface area contributed by atoms with E-state index >= 15 is 0 Å². The molecule has 2 rings (SSSR count). The molecule has 15 heavy (non-hydrogen) atoms. The zero-order valence-corrected chi connectivity index (χ0v) is 8.57. The number of benzene rings is 1. The van der Waals surface area contributed by atoms with Crippen molar-refractivity contribution in [3.05, 3.63) is 47.9 Å². The second-order valence-corrected chi connectivity index (χ2v) is 3.55. The van der Waals surface area contributed by atoms with Crippen LogP contribution in [0.15, 0.2) is 42.3 Å². The van der Waals surface area contributed by atoms with Gasteiger partial charge in [0, 0.05) is 11.6 Å². The molecule has 0 amide bonds. The van der Waals surface area contributed by atoms with E-state index in [2.05, 4.69) is 5.32 Å². The van der Waals surface area contributed by atoms with Gasteiger partial charge in [0.25, 0.3) is 0 Å². The van der Waals surface area contributed by atoms with E-state index in [9.17, 15) is 4.79 Å². The van der Waals surface area contributed by atoms with Gasteiger partial charge < -0.3 is 10.1 Å². The van der Waals surface area contributed by atoms with Gasteiger partial charge in [-0.15, -0.1) is 0 Å². The van der Waals surface area contributed by atoms with E-state index in [1.807, 2.05) is 25.1 Å². The summed E-state index contributed by atoms with van der Waals surface area (Å²) in [7, 11) is 0. The van der Waals surface area contributed by atoms with Crippen LogP contribution in [-0.4, -0.2) is 18.4 Å². The summed E-state index contributed by atoms with van der Waals surface area (Å²) < 4.78 is 5.38. The third-order valence-electron chi connectivity index (χ3n) is 2.21. The number of ether oxygens (including phenoxy) is 1. The molecule has 0 aliphatic carbocycles. The highest BCUT2D eigenvalue weighted by Gasteiger charge is 2.15. The van der Waals surface area contributed by atoms with Gasteiger partial charge in [0.2, 0.25) is 0 Å². The summed E-state index contributed by atoms with van der Waals surface area (Å²) >= 11 is 0. The van der Waals surface area contributed by atoms with E-state index in [-0.39, 0.29) is 11.9 Å². The molecule has 3 heteroatoms. The zero-order chi connectivity index (χ0) is 10.7. The van der Waals surface area contributed by atoms with Gasteiger partial charge in [-0.3, -0.25) is 4.79 Å². The van der Waals surface area contributed by atoms with Crippen molar-refractivity contribution in [2.45, 2.75) is 13.0 Å². The largest absolute Gasteiger partial charge is 0.474 e. The number of rotatable bonds is 2. The maximum Gasteiger partial charge on any atom is 0.191 e. The summed E-state index contributed by atoms with van der Waals surface area (Å²) in [6.45, 7) is 2.72. The smallest absolute Gasteiger partial charge is 0.191 e. The first-order valence-corrected chi connectivity index (χ1v) is 4.97. The highest BCUT2D eigenvalue weighted by molar-refractivity contribution is 6.04. The normalized spacial score (nSPS) is 22.2. The summed E-state index contributed by atoms with van der Waals surface area (Å²) in [4.78, 5) is 11.7. The van der Waals surface area contributed by atoms with Crippen LogP contribution in [0, 0.1) is 0 Å². The van der Waals surface area contributed by atoms with E-state index < -0.39 is 0 Å². The van der Waals surface area contributed by atoms with Crippen LogP contribution >= 0.6 is 0 Å². The second kappa shape index (κ2) is 4.17. The second-order valence-electron chi connectivity index (χ2n) is 3.55. The number of nitrogens with one attached hydrogen (secondary N) is 1. The monoisotopic (exact) mass is 203 g/mol. The first-order valence-electron chi connectivity index (χ1n) is 4.97. The molecule has 1 aliphatic rings. The lowest BCUT2D eigenvalue weighted by Crippen LogP contribution is -2.09. The lowest BCUT2D eigenvalue weighted by molar-refractivity contribution is 0.103. The third kappa shape index (κ3) is 2.37. The molecule has 1 N–H and O–H groups in total. The molecule has 1 atom stereocenters. The van der Waals surface area contributed by atoms with Gasteiger partial charge in [0.15, 0.2) is 11.7 Å². The molecule has 0 radical (unpaired) electrons. The summed E-state index contributed by atoms with van der Waals surface area (Å²) in [5.41, 5.74) is 0.676. The van der Waals surface area contributed by atoms with Crippen molar-refractivity contribution in [2.24, 2.45) is 0 Å². The minimum atomic E-state index is -0.0350. The van der Waals surface area contributed by atoms with Crippen LogP contribution in [0.25, 0.3) is 0 Å². The molecule has 78 valence electrons. The summed E-state index contributed by atoms with van der Waals surface area (Å²) in [6, 6.07) is 9.15. The fourth-order valence-corrected chi connectivity index (χ4v) is 1.43. The average Bonchev–Trinajstić information content (AvgIpc) is 2.65. The summed E-state index contributed by atoms with van der Waals surface area (Å²) in [5.74, 6) is 0.531. The van der Waals surface area contributed by atoms with Crippen molar-refractivity contribution in [2.75, 3.05) is 6.54 Å². The highest BCUT2D eigenvalue weighted by atomic mass is 16.5. The number of hydrogen-bond acceptors (Lipinski definition) is 3. The Bertz CT molecular complexity index is 384. The lowest BCUT2D eigenvalue weighted by atomic mass is 10.1. The molecule has 0 saturated carbocycles. The molecule has 1 aliphatic heterocycles. The maximum atomic E-state index is 11.7. The van der Waals surface area contributed by atoms with Crippen LogP contribution < -0.4 is 5.32 Å². The third-order valence-corrected chi connectivity index (χ3v) is 2.21. The van der Waals surface area contributed by atoms with Gasteiger partial charge in [-0.25, -0.2) is 0 Å². The van der Waals surface area contributed by atoms with E-state index in [0.29, 0.717) is 11.4 Å². The molecule has 0 spiro atoms. The van der Waals surface area contributed by atoms with E-state index in [1.165, 1.54) is 6.08 Å². The first kappa shape index (κ1) is 9.77. The van der Waals surface area contributed by atoms with Crippen molar-refractivity contribution in [1.82, 2.24) is 5.32 Å². The quantitative estimate of drug-likeness (QED) is 0.587. The highest BCUT2D eigenvalue weighted by Crippen LogP contribution is 2.09. The lowest BCUT2D eigenvalue weighted by Gasteiger charge is -2.00. The molecule has 3 nitrogen and oxygen atoms in total. The topological polar surface area (TPSA) is 38.3 Å². The molecule has 1 aromatic rings. The van der Waals surface area contributed by atoms with Gasteiger partial charge in [-0.05, 0) is 6.92 Å². The van der Waals surface area contributed by atoms with Crippen LogP contribution in [0.1, 0.15) is 17.3 Å². The fraction of sp³-hybridized carbons (Fsp3) is 0.250. The van der Waals surface area contributed by atoms with E-state index in [1.54, 1.807) is 12.1 Å². The minimum absolute atomic E-state index is 0.0350. The van der Waals surface area contributed by atoms with E-state index in [0.717, 1.165) is 6.54 Å². The Morgan fingerprint density at radius 1 is 1.47 bits per heavy atom. The average molecular weight is 203 g/mol. The van der Waals surface area contributed by atoms with Gasteiger partial charge >= 0.3 is 0 Å². The van der Waals surface area contributed by atoms with Gasteiger partial charge in [-0.2, -0.15) is 0 Å². The van der Waals surface area contributed by atoms with Crippen molar-refractivity contribution in [3.63, 3.8) is 0 Å². The van der Waals surface area contributed by atoms with Crippen molar-refractivity contribution >= 4 is 5.78 Å². The Labute approximate surface area is 88.8 Å². The fourth-order valence-electron chi connectivity index (χ4n) is 1.43. The molecule has 0 bridgehead atoms. The summed E-state index contributed by atoms with van der Waals surface area (Å²) in [5, 5.41) is 3.03. The van der Waals surface area contributed by atoms with Crippen LogP contribution in [-0.2, 0) is 4.74 Å². The predicted molar refractivity (Wildman–Crippen MR) is 57.4 cm³/mol. The molecule has 0 aromatic heterocycles. The molecule has 1 aromatic carbocycles. The SMILES string of the molecule is CC1CN/C(=C\C(=O)c2ccccc2)O1. The Hall–Kier alpha value is -1.77. The Morgan fingerprint density at radius 3 is 2.80 bits per heavy atom. The Balaban J connectivity index is 2.10. The number of ketones is 1. The predicted octanol–water partition coefficient (Wildman–Crippen LogP) is 1.72. The molecule has 1 fully saturated rings. The standard InChI is InChI=1S/C12H13NO2/c1-9-8-13-12(15-9)7-11(14)10-5-3-2-4-6-10/h2-7,9,13H,8H2,1H3/b12-7+. The van der Waals surface area contributed by atoms with E-state index in [4.69, 9.17) is 4.74 Å². The first-order chi connectivity index (χ1) is 7.25. The minimum Gasteiger partial charge on any atom is -0.474 e. The van der Waals surface area contributed by atoms with Crippen LogP contribution in [0.5, 0.6) is 0 Å². The van der Waals surface area contributed by atoms with Crippen molar-refractivity contribution in [3.8, 4) is 0 Å². The van der Waals surface area contributed by atoms with Crippen molar-refractivity contribution in [1.29, 1.82) is 0 Å². The maximum absolute atomic E-state index is 11.7. The molecule has 1 heterocycles. The summed E-state index contributed by atoms with van der Waals surface area (Å²) in [6.07, 6.45) is 1.64. The molecule has 1 saturated heterocycles. The van der Waals surface area contributed by atoms with Crippen LogP contribution in [0.3, 0.4) is 0 Å². The van der Waals surface area contributed by atoms with Gasteiger partial charge in [0.1, 0.15) is 6.10 Å². The molecule has 1 unspecified atom stereocenters. The zero-order valence-electron chi connectivity index (χ0n) is 8.57. The van der Waals surface area contributed by atoms with Gasteiger partial charge in [0.05, 0.1) is 6.54 Å². The Kier molecular flexibility index (Phi) is 2.72. The Morgan fingerprint density at radius 2 is 2.20 bits per heavy atom. The van der Waals surface area contributed by atoms with Gasteiger partial charge in [-0.1, -0.05) is 30.3 Å². The van der Waals surface area contributed by atoms with Crippen LogP contribution in [0.2, 0.25) is 0 Å². The van der Waals surface area contributed by atoms with Crippen molar-refractivity contribution < 1.29 is 9.53 Å². The number of carbonyl (C=O) groups excluding carboxylic acids is 1. The number of allylic oxidation sites excluding steroid dienone is 1. The molecular weight excluding hydrogens is 190 g/mol. The number of carbonyl (C=O) groups is 1. The molecular formula is C12H13NO2.